The molecular formula is C28H26N4O2. The molecule has 2 amide bonds. The maximum absolute atomic E-state index is 13.0. The van der Waals surface area contributed by atoms with Gasteiger partial charge in [-0.3, -0.25) is 14.3 Å². The fraction of sp³-hybridized carbons (Fsp3) is 0.179. The molecule has 34 heavy (non-hydrogen) atoms. The Morgan fingerprint density at radius 1 is 0.971 bits per heavy atom. The summed E-state index contributed by atoms with van der Waals surface area (Å²) in [7, 11) is 0. The van der Waals surface area contributed by atoms with Gasteiger partial charge in [0.05, 0.1) is 12.2 Å². The molecule has 0 spiro atoms. The van der Waals surface area contributed by atoms with Gasteiger partial charge in [0.1, 0.15) is 0 Å². The van der Waals surface area contributed by atoms with Crippen LogP contribution in [0.15, 0.2) is 85.1 Å². The summed E-state index contributed by atoms with van der Waals surface area (Å²) in [5.41, 5.74) is 6.53. The van der Waals surface area contributed by atoms with Gasteiger partial charge in [0.2, 0.25) is 5.91 Å². The predicted octanol–water partition coefficient (Wildman–Crippen LogP) is 4.44. The Morgan fingerprint density at radius 3 is 2.44 bits per heavy atom. The zero-order valence-corrected chi connectivity index (χ0v) is 19.1. The third-order valence-electron chi connectivity index (χ3n) is 6.13. The molecule has 0 unspecified atom stereocenters. The van der Waals surface area contributed by atoms with Crippen LogP contribution >= 0.6 is 0 Å². The van der Waals surface area contributed by atoms with E-state index in [0.717, 1.165) is 40.1 Å². The highest BCUT2D eigenvalue weighted by molar-refractivity contribution is 5.97. The van der Waals surface area contributed by atoms with Crippen LogP contribution in [0.2, 0.25) is 0 Å². The van der Waals surface area contributed by atoms with Gasteiger partial charge in [0.25, 0.3) is 5.91 Å². The van der Waals surface area contributed by atoms with Gasteiger partial charge in [-0.2, -0.15) is 5.10 Å². The van der Waals surface area contributed by atoms with E-state index in [9.17, 15) is 9.59 Å². The molecule has 0 aliphatic carbocycles. The summed E-state index contributed by atoms with van der Waals surface area (Å²) in [6.07, 6.45) is 2.77. The lowest BCUT2D eigenvalue weighted by Gasteiger charge is -2.14. The van der Waals surface area contributed by atoms with Crippen molar-refractivity contribution in [1.29, 1.82) is 0 Å². The zero-order valence-electron chi connectivity index (χ0n) is 19.1. The number of carbonyl (C=O) groups excluding carboxylic acids is 2. The number of carbonyl (C=O) groups is 2. The molecule has 1 N–H and O–H groups in total. The second-order valence-electron chi connectivity index (χ2n) is 8.50. The van der Waals surface area contributed by atoms with Crippen molar-refractivity contribution >= 4 is 17.5 Å². The minimum atomic E-state index is -0.140. The van der Waals surface area contributed by atoms with Crippen molar-refractivity contribution < 1.29 is 9.59 Å². The average Bonchev–Trinajstić information content (AvgIpc) is 3.47. The van der Waals surface area contributed by atoms with Gasteiger partial charge in [-0.15, -0.1) is 0 Å². The lowest BCUT2D eigenvalue weighted by atomic mass is 10.1. The second kappa shape index (κ2) is 9.35. The number of hydrogen-bond acceptors (Lipinski definition) is 3. The summed E-state index contributed by atoms with van der Waals surface area (Å²) in [5, 5.41) is 7.88. The van der Waals surface area contributed by atoms with Crippen LogP contribution < -0.4 is 10.2 Å². The number of aromatic nitrogens is 2. The Bertz CT molecular complexity index is 1330. The molecular weight excluding hydrogens is 424 g/mol. The number of amides is 2. The number of anilines is 1. The Morgan fingerprint density at radius 2 is 1.71 bits per heavy atom. The molecule has 170 valence electrons. The number of nitrogens with zero attached hydrogens (tertiary/aromatic N) is 3. The van der Waals surface area contributed by atoms with E-state index >= 15 is 0 Å². The molecule has 0 atom stereocenters. The molecule has 1 aromatic heterocycles. The van der Waals surface area contributed by atoms with Crippen molar-refractivity contribution in [2.45, 2.75) is 26.4 Å². The second-order valence-corrected chi connectivity index (χ2v) is 8.50. The maximum atomic E-state index is 13.0. The molecule has 1 aliphatic rings. The van der Waals surface area contributed by atoms with E-state index in [1.807, 2.05) is 71.5 Å². The molecule has 3 aromatic carbocycles. The van der Waals surface area contributed by atoms with E-state index in [-0.39, 0.29) is 11.8 Å². The Balaban J connectivity index is 1.35. The van der Waals surface area contributed by atoms with Crippen molar-refractivity contribution in [3.05, 3.63) is 107 Å². The molecule has 5 rings (SSSR count). The number of fused-ring (bicyclic) bond motifs is 1. The van der Waals surface area contributed by atoms with Crippen molar-refractivity contribution in [3.8, 4) is 11.3 Å². The first-order chi connectivity index (χ1) is 16.6. The number of nitrogens with one attached hydrogen (secondary N) is 1. The minimum absolute atomic E-state index is 0.0249. The van der Waals surface area contributed by atoms with Crippen LogP contribution in [0.1, 0.15) is 34.0 Å². The van der Waals surface area contributed by atoms with Crippen LogP contribution in [0, 0.1) is 0 Å². The standard InChI is InChI=1S/C28H26N4O2/c1-20(33)32-15-14-23-16-24(12-13-26(23)32)28(34)29-17-25-19-31(18-21-8-4-2-5-9-21)30-27(25)22-10-6-3-7-11-22/h2-13,16,19H,14-15,17-18H2,1H3,(H,29,34). The third-order valence-corrected chi connectivity index (χ3v) is 6.13. The zero-order chi connectivity index (χ0) is 23.5. The first-order valence-corrected chi connectivity index (χ1v) is 11.4. The molecule has 0 radical (unpaired) electrons. The molecule has 1 aliphatic heterocycles. The minimum Gasteiger partial charge on any atom is -0.348 e. The van der Waals surface area contributed by atoms with Gasteiger partial charge in [-0.05, 0) is 35.7 Å². The Kier molecular flexibility index (Phi) is 5.95. The summed E-state index contributed by atoms with van der Waals surface area (Å²) >= 11 is 0. The molecule has 4 aromatic rings. The Labute approximate surface area is 198 Å². The van der Waals surface area contributed by atoms with Gasteiger partial charge >= 0.3 is 0 Å². The first-order valence-electron chi connectivity index (χ1n) is 11.4. The largest absolute Gasteiger partial charge is 0.348 e. The molecule has 6 nitrogen and oxygen atoms in total. The summed E-state index contributed by atoms with van der Waals surface area (Å²) in [5.74, 6) is -0.115. The molecule has 0 saturated carbocycles. The average molecular weight is 451 g/mol. The van der Waals surface area contributed by atoms with Gasteiger partial charge in [0, 0.05) is 48.6 Å². The van der Waals surface area contributed by atoms with Crippen LogP contribution in [0.3, 0.4) is 0 Å². The van der Waals surface area contributed by atoms with Crippen molar-refractivity contribution in [1.82, 2.24) is 15.1 Å². The van der Waals surface area contributed by atoms with E-state index in [0.29, 0.717) is 25.2 Å². The molecule has 6 heteroatoms. The highest BCUT2D eigenvalue weighted by atomic mass is 16.2. The highest BCUT2D eigenvalue weighted by Gasteiger charge is 2.23. The van der Waals surface area contributed by atoms with Crippen LogP contribution in [0.25, 0.3) is 11.3 Å². The fourth-order valence-corrected chi connectivity index (χ4v) is 4.43. The van der Waals surface area contributed by atoms with Crippen LogP contribution in [0.4, 0.5) is 5.69 Å². The monoisotopic (exact) mass is 450 g/mol. The Hall–Kier alpha value is -4.19. The van der Waals surface area contributed by atoms with Gasteiger partial charge in [0.15, 0.2) is 0 Å². The van der Waals surface area contributed by atoms with Crippen molar-refractivity contribution in [2.24, 2.45) is 0 Å². The summed E-state index contributed by atoms with van der Waals surface area (Å²) in [6, 6.07) is 25.7. The van der Waals surface area contributed by atoms with Crippen LogP contribution in [-0.2, 0) is 24.3 Å². The summed E-state index contributed by atoms with van der Waals surface area (Å²) in [4.78, 5) is 26.5. The van der Waals surface area contributed by atoms with Gasteiger partial charge < -0.3 is 10.2 Å². The van der Waals surface area contributed by atoms with Gasteiger partial charge in [-0.25, -0.2) is 0 Å². The smallest absolute Gasteiger partial charge is 0.251 e. The summed E-state index contributed by atoms with van der Waals surface area (Å²) < 4.78 is 1.92. The normalized spacial score (nSPS) is 12.4. The van der Waals surface area contributed by atoms with E-state index < -0.39 is 0 Å². The molecule has 2 heterocycles. The van der Waals surface area contributed by atoms with E-state index in [2.05, 4.69) is 17.4 Å². The van der Waals surface area contributed by atoms with Crippen LogP contribution in [-0.4, -0.2) is 28.1 Å². The number of hydrogen-bond donors (Lipinski definition) is 1. The SMILES string of the molecule is CC(=O)N1CCc2cc(C(=O)NCc3cn(Cc4ccccc4)nc3-c3ccccc3)ccc21. The van der Waals surface area contributed by atoms with Crippen molar-refractivity contribution in [3.63, 3.8) is 0 Å². The quantitative estimate of drug-likeness (QED) is 0.472. The topological polar surface area (TPSA) is 67.2 Å². The van der Waals surface area contributed by atoms with E-state index in [1.165, 1.54) is 0 Å². The van der Waals surface area contributed by atoms with E-state index in [4.69, 9.17) is 5.10 Å². The number of rotatable bonds is 6. The third kappa shape index (κ3) is 4.48. The lowest BCUT2D eigenvalue weighted by Crippen LogP contribution is -2.26. The molecule has 0 saturated heterocycles. The molecule has 0 fully saturated rings. The van der Waals surface area contributed by atoms with Crippen LogP contribution in [0.5, 0.6) is 0 Å². The first kappa shape index (κ1) is 21.6. The van der Waals surface area contributed by atoms with Crippen molar-refractivity contribution in [2.75, 3.05) is 11.4 Å². The predicted molar refractivity (Wildman–Crippen MR) is 133 cm³/mol. The maximum Gasteiger partial charge on any atom is 0.251 e. The number of benzene rings is 3. The lowest BCUT2D eigenvalue weighted by molar-refractivity contribution is -0.116. The fourth-order valence-electron chi connectivity index (χ4n) is 4.43. The van der Waals surface area contributed by atoms with Gasteiger partial charge in [-0.1, -0.05) is 60.7 Å². The van der Waals surface area contributed by atoms with E-state index in [1.54, 1.807) is 17.9 Å². The highest BCUT2D eigenvalue weighted by Crippen LogP contribution is 2.29. The summed E-state index contributed by atoms with van der Waals surface area (Å²) in [6.45, 7) is 3.26. The molecule has 0 bridgehead atoms.